The molecule has 0 spiro atoms. The first-order valence-corrected chi connectivity index (χ1v) is 5.83. The van der Waals surface area contributed by atoms with Crippen LogP contribution in [0.2, 0.25) is 0 Å². The molecule has 0 saturated carbocycles. The zero-order chi connectivity index (χ0) is 12.8. The SMILES string of the molecule is C=CCNC(=O)C(C)Sc1nc(N)cc(=O)[nH]1. The molecule has 0 radical (unpaired) electrons. The average molecular weight is 254 g/mol. The number of anilines is 1. The van der Waals surface area contributed by atoms with Crippen molar-refractivity contribution < 1.29 is 4.79 Å². The molecule has 0 saturated heterocycles. The Hall–Kier alpha value is -1.76. The van der Waals surface area contributed by atoms with Gasteiger partial charge in [-0.3, -0.25) is 9.59 Å². The summed E-state index contributed by atoms with van der Waals surface area (Å²) in [6.07, 6.45) is 1.59. The van der Waals surface area contributed by atoms with Crippen molar-refractivity contribution in [1.29, 1.82) is 0 Å². The summed E-state index contributed by atoms with van der Waals surface area (Å²) in [4.78, 5) is 29.1. The number of H-pyrrole nitrogens is 1. The molecule has 1 amide bonds. The van der Waals surface area contributed by atoms with E-state index in [0.717, 1.165) is 11.8 Å². The molecule has 0 fully saturated rings. The second-order valence-electron chi connectivity index (χ2n) is 3.27. The fourth-order valence-corrected chi connectivity index (χ4v) is 1.89. The third-order valence-corrected chi connectivity index (χ3v) is 2.80. The van der Waals surface area contributed by atoms with Crippen molar-refractivity contribution in [3.05, 3.63) is 29.1 Å². The average Bonchev–Trinajstić information content (AvgIpc) is 2.24. The lowest BCUT2D eigenvalue weighted by molar-refractivity contribution is -0.120. The number of nitrogens with two attached hydrogens (primary N) is 1. The number of amides is 1. The third-order valence-electron chi connectivity index (χ3n) is 1.82. The van der Waals surface area contributed by atoms with E-state index in [-0.39, 0.29) is 22.5 Å². The molecule has 1 aromatic heterocycles. The zero-order valence-corrected chi connectivity index (χ0v) is 10.2. The number of carbonyl (C=O) groups excluding carboxylic acids is 1. The molecule has 6 nitrogen and oxygen atoms in total. The maximum Gasteiger partial charge on any atom is 0.253 e. The van der Waals surface area contributed by atoms with Gasteiger partial charge in [0.1, 0.15) is 5.82 Å². The van der Waals surface area contributed by atoms with Gasteiger partial charge in [0, 0.05) is 12.6 Å². The van der Waals surface area contributed by atoms with Gasteiger partial charge in [-0.25, -0.2) is 4.98 Å². The molecule has 1 aromatic rings. The van der Waals surface area contributed by atoms with Crippen molar-refractivity contribution in [2.75, 3.05) is 12.3 Å². The molecule has 0 aromatic carbocycles. The molecule has 0 aliphatic rings. The number of nitrogens with zero attached hydrogens (tertiary/aromatic N) is 1. The molecule has 92 valence electrons. The van der Waals surface area contributed by atoms with E-state index in [1.807, 2.05) is 0 Å². The van der Waals surface area contributed by atoms with E-state index >= 15 is 0 Å². The van der Waals surface area contributed by atoms with E-state index < -0.39 is 0 Å². The van der Waals surface area contributed by atoms with Crippen LogP contribution in [0.3, 0.4) is 0 Å². The van der Waals surface area contributed by atoms with Crippen LogP contribution in [0.5, 0.6) is 0 Å². The van der Waals surface area contributed by atoms with E-state index in [1.54, 1.807) is 13.0 Å². The molecular weight excluding hydrogens is 240 g/mol. The molecule has 1 rings (SSSR count). The topological polar surface area (TPSA) is 101 Å². The van der Waals surface area contributed by atoms with E-state index in [2.05, 4.69) is 21.9 Å². The van der Waals surface area contributed by atoms with Gasteiger partial charge in [-0.15, -0.1) is 6.58 Å². The summed E-state index contributed by atoms with van der Waals surface area (Å²) in [7, 11) is 0. The van der Waals surface area contributed by atoms with Crippen molar-refractivity contribution in [3.63, 3.8) is 0 Å². The summed E-state index contributed by atoms with van der Waals surface area (Å²) < 4.78 is 0. The standard InChI is InChI=1S/C10H14N4O2S/c1-3-4-12-9(16)6(2)17-10-13-7(11)5-8(15)14-10/h3,5-6H,1,4H2,2H3,(H,12,16)(H3,11,13,14,15). The molecule has 1 heterocycles. The van der Waals surface area contributed by atoms with Gasteiger partial charge in [0.15, 0.2) is 5.16 Å². The molecule has 4 N–H and O–H groups in total. The highest BCUT2D eigenvalue weighted by Crippen LogP contribution is 2.18. The molecule has 7 heteroatoms. The number of nitrogens with one attached hydrogen (secondary N) is 2. The van der Waals surface area contributed by atoms with Crippen LogP contribution in [0.25, 0.3) is 0 Å². The van der Waals surface area contributed by atoms with Gasteiger partial charge in [0.05, 0.1) is 5.25 Å². The minimum Gasteiger partial charge on any atom is -0.383 e. The van der Waals surface area contributed by atoms with Crippen LogP contribution in [-0.2, 0) is 4.79 Å². The number of rotatable bonds is 5. The number of nitrogen functional groups attached to an aromatic ring is 1. The zero-order valence-electron chi connectivity index (χ0n) is 9.40. The largest absolute Gasteiger partial charge is 0.383 e. The predicted octanol–water partition coefficient (Wildman–Crippen LogP) is 0.135. The van der Waals surface area contributed by atoms with Crippen LogP contribution in [0.1, 0.15) is 6.92 Å². The smallest absolute Gasteiger partial charge is 0.253 e. The highest BCUT2D eigenvalue weighted by Gasteiger charge is 2.14. The van der Waals surface area contributed by atoms with E-state index in [4.69, 9.17) is 5.73 Å². The number of aromatic amines is 1. The monoisotopic (exact) mass is 254 g/mol. The Morgan fingerprint density at radius 2 is 2.53 bits per heavy atom. The van der Waals surface area contributed by atoms with Crippen molar-refractivity contribution in [1.82, 2.24) is 15.3 Å². The normalized spacial score (nSPS) is 11.8. The van der Waals surface area contributed by atoms with Crippen LogP contribution in [0.15, 0.2) is 28.7 Å². The van der Waals surface area contributed by atoms with Crippen molar-refractivity contribution in [2.45, 2.75) is 17.3 Å². The number of aromatic nitrogens is 2. The van der Waals surface area contributed by atoms with E-state index in [0.29, 0.717) is 11.7 Å². The number of hydrogen-bond acceptors (Lipinski definition) is 5. The maximum atomic E-state index is 11.5. The first kappa shape index (κ1) is 13.3. The summed E-state index contributed by atoms with van der Waals surface area (Å²) in [6, 6.07) is 1.19. The molecule has 1 unspecified atom stereocenters. The molecule has 17 heavy (non-hydrogen) atoms. The first-order chi connectivity index (χ1) is 8.02. The quantitative estimate of drug-likeness (QED) is 0.394. The lowest BCUT2D eigenvalue weighted by Crippen LogP contribution is -2.31. The van der Waals surface area contributed by atoms with Crippen LogP contribution < -0.4 is 16.6 Å². The number of carbonyl (C=O) groups is 1. The molecule has 0 bridgehead atoms. The summed E-state index contributed by atoms with van der Waals surface area (Å²) >= 11 is 1.14. The fraction of sp³-hybridized carbons (Fsp3) is 0.300. The van der Waals surface area contributed by atoms with Crippen LogP contribution in [-0.4, -0.2) is 27.7 Å². The van der Waals surface area contributed by atoms with Crippen molar-refractivity contribution >= 4 is 23.5 Å². The van der Waals surface area contributed by atoms with Crippen molar-refractivity contribution in [3.8, 4) is 0 Å². The Bertz CT molecular complexity index is 472. The summed E-state index contributed by atoms with van der Waals surface area (Å²) in [6.45, 7) is 5.62. The van der Waals surface area contributed by atoms with Crippen LogP contribution in [0.4, 0.5) is 5.82 Å². The summed E-state index contributed by atoms with van der Waals surface area (Å²) in [5, 5.41) is 2.61. The summed E-state index contributed by atoms with van der Waals surface area (Å²) in [5.74, 6) is -0.0186. The first-order valence-electron chi connectivity index (χ1n) is 4.95. The van der Waals surface area contributed by atoms with Crippen LogP contribution in [0, 0.1) is 0 Å². The van der Waals surface area contributed by atoms with Gasteiger partial charge < -0.3 is 16.0 Å². The van der Waals surface area contributed by atoms with Gasteiger partial charge in [0.25, 0.3) is 5.56 Å². The highest BCUT2D eigenvalue weighted by molar-refractivity contribution is 8.00. The van der Waals surface area contributed by atoms with Gasteiger partial charge >= 0.3 is 0 Å². The van der Waals surface area contributed by atoms with Gasteiger partial charge in [-0.1, -0.05) is 17.8 Å². The van der Waals surface area contributed by atoms with Gasteiger partial charge in [0.2, 0.25) is 5.91 Å². The predicted molar refractivity (Wildman–Crippen MR) is 67.8 cm³/mol. The molecular formula is C10H14N4O2S. The van der Waals surface area contributed by atoms with Crippen LogP contribution >= 0.6 is 11.8 Å². The Labute approximate surface area is 103 Å². The minimum atomic E-state index is -0.375. The number of hydrogen-bond donors (Lipinski definition) is 3. The number of thioether (sulfide) groups is 1. The second kappa shape index (κ2) is 6.09. The Kier molecular flexibility index (Phi) is 4.77. The Morgan fingerprint density at radius 3 is 3.12 bits per heavy atom. The van der Waals surface area contributed by atoms with E-state index in [9.17, 15) is 9.59 Å². The minimum absolute atomic E-state index is 0.134. The van der Waals surface area contributed by atoms with Gasteiger partial charge in [-0.05, 0) is 6.92 Å². The molecule has 0 aliphatic heterocycles. The maximum absolute atomic E-state index is 11.5. The Morgan fingerprint density at radius 1 is 1.82 bits per heavy atom. The fourth-order valence-electron chi connectivity index (χ4n) is 1.05. The Balaban J connectivity index is 2.67. The summed E-state index contributed by atoms with van der Waals surface area (Å²) in [5.41, 5.74) is 5.10. The molecule has 1 atom stereocenters. The van der Waals surface area contributed by atoms with Crippen molar-refractivity contribution in [2.24, 2.45) is 0 Å². The lowest BCUT2D eigenvalue weighted by Gasteiger charge is -2.09. The second-order valence-corrected chi connectivity index (χ2v) is 4.60. The van der Waals surface area contributed by atoms with E-state index in [1.165, 1.54) is 6.07 Å². The highest BCUT2D eigenvalue weighted by atomic mass is 32.2. The third kappa shape index (κ3) is 4.31. The molecule has 0 aliphatic carbocycles. The lowest BCUT2D eigenvalue weighted by atomic mass is 10.4. The van der Waals surface area contributed by atoms with Gasteiger partial charge in [-0.2, -0.15) is 0 Å².